The van der Waals surface area contributed by atoms with Gasteiger partial charge in [-0.2, -0.15) is 0 Å². The van der Waals surface area contributed by atoms with Crippen LogP contribution in [0.25, 0.3) is 0 Å². The molecule has 14 heteroatoms. The van der Waals surface area contributed by atoms with Crippen LogP contribution in [0.1, 0.15) is 213 Å². The van der Waals surface area contributed by atoms with Crippen LogP contribution < -0.4 is 0 Å². The third-order valence-electron chi connectivity index (χ3n) is 11.5. The Kier molecular flexibility index (Phi) is 36.3. The van der Waals surface area contributed by atoms with Crippen molar-refractivity contribution in [2.24, 2.45) is 0 Å². The highest BCUT2D eigenvalue weighted by Crippen LogP contribution is 2.47. The van der Waals surface area contributed by atoms with E-state index < -0.39 is 75.7 Å². The summed E-state index contributed by atoms with van der Waals surface area (Å²) in [5.41, 5.74) is 0. The van der Waals surface area contributed by atoms with Gasteiger partial charge in [0.25, 0.3) is 0 Å². The van der Waals surface area contributed by atoms with Gasteiger partial charge >= 0.3 is 19.8 Å². The maximum atomic E-state index is 12.8. The number of carbonyl (C=O) groups is 2. The van der Waals surface area contributed by atoms with Crippen LogP contribution in [0.15, 0.2) is 24.3 Å². The second-order valence-corrected chi connectivity index (χ2v) is 18.7. The van der Waals surface area contributed by atoms with Crippen molar-refractivity contribution in [1.82, 2.24) is 0 Å². The van der Waals surface area contributed by atoms with E-state index in [2.05, 4.69) is 38.2 Å². The predicted octanol–water partition coefficient (Wildman–Crippen LogP) is 10.0. The van der Waals surface area contributed by atoms with Crippen LogP contribution >= 0.6 is 7.82 Å². The summed E-state index contributed by atoms with van der Waals surface area (Å²) in [6, 6.07) is 0. The average Bonchev–Trinajstić information content (AvgIpc) is 3.25. The first-order chi connectivity index (χ1) is 29.9. The van der Waals surface area contributed by atoms with Gasteiger partial charge in [0.2, 0.25) is 0 Å². The molecule has 0 aromatic rings. The molecule has 6 N–H and O–H groups in total. The number of hydrogen-bond donors (Lipinski definition) is 6. The number of ether oxygens (including phenoxy) is 2. The van der Waals surface area contributed by atoms with Gasteiger partial charge in [0.05, 0.1) is 6.61 Å². The van der Waals surface area contributed by atoms with E-state index in [1.54, 1.807) is 0 Å². The van der Waals surface area contributed by atoms with Crippen LogP contribution in [0.3, 0.4) is 0 Å². The Morgan fingerprint density at radius 1 is 0.500 bits per heavy atom. The van der Waals surface area contributed by atoms with Gasteiger partial charge < -0.3 is 39.9 Å². The van der Waals surface area contributed by atoms with Gasteiger partial charge in [0, 0.05) is 12.8 Å². The van der Waals surface area contributed by atoms with Gasteiger partial charge in [-0.25, -0.2) is 4.57 Å². The van der Waals surface area contributed by atoms with Crippen molar-refractivity contribution in [1.29, 1.82) is 0 Å². The maximum Gasteiger partial charge on any atom is 0.472 e. The summed E-state index contributed by atoms with van der Waals surface area (Å²) in [5, 5.41) is 50.2. The van der Waals surface area contributed by atoms with Crippen molar-refractivity contribution in [3.05, 3.63) is 24.3 Å². The molecule has 62 heavy (non-hydrogen) atoms. The molecule has 13 nitrogen and oxygen atoms in total. The molecule has 1 fully saturated rings. The first-order valence-corrected chi connectivity index (χ1v) is 26.1. The van der Waals surface area contributed by atoms with Crippen molar-refractivity contribution >= 4 is 19.8 Å². The molecule has 0 heterocycles. The van der Waals surface area contributed by atoms with E-state index in [4.69, 9.17) is 18.5 Å². The molecule has 6 unspecified atom stereocenters. The molecule has 1 rings (SSSR count). The lowest BCUT2D eigenvalue weighted by Gasteiger charge is -2.41. The molecule has 0 amide bonds. The first kappa shape index (κ1) is 58.3. The normalized spacial score (nSPS) is 22.0. The standard InChI is InChI=1S/C48H89O13P/c1-3-5-7-9-11-13-15-17-19-20-21-22-23-25-26-28-30-32-34-36-41(49)58-38-40(39-59-62(56,57)61-48-46(54)44(52)43(51)45(53)47(48)55)60-42(50)37-35-33-31-29-27-24-18-16-14-12-10-8-6-4-2/h10,12,16,18,40,43-48,51-55H,3-9,11,13-15,17,19-39H2,1-2H3,(H,56,57)/b12-10+,18-16+/t40-,43?,44-,45?,46?,47?,48?/m0/s1. The minimum Gasteiger partial charge on any atom is -0.462 e. The number of aliphatic hydroxyl groups excluding tert-OH is 5. The highest BCUT2D eigenvalue weighted by molar-refractivity contribution is 7.47. The number of hydrogen-bond acceptors (Lipinski definition) is 12. The molecule has 0 aromatic carbocycles. The van der Waals surface area contributed by atoms with Gasteiger partial charge in [-0.1, -0.05) is 186 Å². The summed E-state index contributed by atoms with van der Waals surface area (Å²) in [4.78, 5) is 35.7. The molecule has 0 aliphatic heterocycles. The van der Waals surface area contributed by atoms with Crippen LogP contribution in [0.2, 0.25) is 0 Å². The second kappa shape index (κ2) is 38.6. The fraction of sp³-hybridized carbons (Fsp3) is 0.875. The highest BCUT2D eigenvalue weighted by atomic mass is 31.2. The number of esters is 2. The van der Waals surface area contributed by atoms with Crippen LogP contribution in [-0.2, 0) is 32.7 Å². The fourth-order valence-electron chi connectivity index (χ4n) is 7.54. The zero-order chi connectivity index (χ0) is 45.7. The molecule has 1 aliphatic carbocycles. The molecule has 364 valence electrons. The number of phosphoric ester groups is 1. The van der Waals surface area contributed by atoms with Gasteiger partial charge in [0.1, 0.15) is 43.2 Å². The third-order valence-corrected chi connectivity index (χ3v) is 12.5. The summed E-state index contributed by atoms with van der Waals surface area (Å²) < 4.78 is 33.6. The number of unbranched alkanes of at least 4 members (excludes halogenated alkanes) is 25. The van der Waals surface area contributed by atoms with Crippen molar-refractivity contribution in [2.45, 2.75) is 256 Å². The molecule has 0 aromatic heterocycles. The second-order valence-electron chi connectivity index (χ2n) is 17.3. The number of phosphoric acid groups is 1. The molecule has 0 radical (unpaired) electrons. The molecular formula is C48H89O13P. The van der Waals surface area contributed by atoms with E-state index in [0.29, 0.717) is 12.8 Å². The molecular weight excluding hydrogens is 815 g/mol. The maximum absolute atomic E-state index is 12.8. The fourth-order valence-corrected chi connectivity index (χ4v) is 8.51. The Bertz CT molecular complexity index is 1180. The van der Waals surface area contributed by atoms with Crippen molar-refractivity contribution in [3.63, 3.8) is 0 Å². The number of carbonyl (C=O) groups excluding carboxylic acids is 2. The lowest BCUT2D eigenvalue weighted by atomic mass is 9.85. The molecule has 1 aliphatic rings. The summed E-state index contributed by atoms with van der Waals surface area (Å²) in [6.45, 7) is 3.27. The van der Waals surface area contributed by atoms with Crippen LogP contribution in [0.4, 0.5) is 0 Å². The Morgan fingerprint density at radius 3 is 1.35 bits per heavy atom. The van der Waals surface area contributed by atoms with Crippen molar-refractivity contribution in [2.75, 3.05) is 13.2 Å². The minimum absolute atomic E-state index is 0.0833. The van der Waals surface area contributed by atoms with Gasteiger partial charge in [-0.05, 0) is 38.5 Å². The minimum atomic E-state index is -5.12. The lowest BCUT2D eigenvalue weighted by molar-refractivity contribution is -0.220. The molecule has 0 bridgehead atoms. The number of allylic oxidation sites excluding steroid dienone is 4. The van der Waals surface area contributed by atoms with Crippen LogP contribution in [0.5, 0.6) is 0 Å². The van der Waals surface area contributed by atoms with Gasteiger partial charge in [-0.15, -0.1) is 0 Å². The Morgan fingerprint density at radius 2 is 0.887 bits per heavy atom. The van der Waals surface area contributed by atoms with Crippen LogP contribution in [0, 0.1) is 0 Å². The van der Waals surface area contributed by atoms with E-state index in [0.717, 1.165) is 64.2 Å². The zero-order valence-corrected chi connectivity index (χ0v) is 39.6. The number of aliphatic hydroxyl groups is 5. The summed E-state index contributed by atoms with van der Waals surface area (Å²) in [6.07, 6.45) is 29.4. The largest absolute Gasteiger partial charge is 0.472 e. The molecule has 0 spiro atoms. The third kappa shape index (κ3) is 30.5. The topological polar surface area (TPSA) is 210 Å². The monoisotopic (exact) mass is 905 g/mol. The van der Waals surface area contributed by atoms with Crippen LogP contribution in [-0.4, -0.2) is 98.3 Å². The van der Waals surface area contributed by atoms with Crippen molar-refractivity contribution < 1.29 is 63.1 Å². The quantitative estimate of drug-likeness (QED) is 0.0146. The van der Waals surface area contributed by atoms with Gasteiger partial charge in [-0.3, -0.25) is 18.6 Å². The molecule has 8 atom stereocenters. The van der Waals surface area contributed by atoms with E-state index in [1.807, 2.05) is 0 Å². The molecule has 0 saturated heterocycles. The highest BCUT2D eigenvalue weighted by Gasteiger charge is 2.51. The summed E-state index contributed by atoms with van der Waals surface area (Å²) in [7, 11) is -5.12. The van der Waals surface area contributed by atoms with E-state index in [9.17, 15) is 44.6 Å². The van der Waals surface area contributed by atoms with Gasteiger partial charge in [0.15, 0.2) is 6.10 Å². The smallest absolute Gasteiger partial charge is 0.462 e. The Balaban J connectivity index is 2.40. The van der Waals surface area contributed by atoms with Crippen molar-refractivity contribution in [3.8, 4) is 0 Å². The lowest BCUT2D eigenvalue weighted by Crippen LogP contribution is -2.64. The molecule has 1 saturated carbocycles. The first-order valence-electron chi connectivity index (χ1n) is 24.6. The van der Waals surface area contributed by atoms with E-state index >= 15 is 0 Å². The summed E-state index contributed by atoms with van der Waals surface area (Å²) >= 11 is 0. The Hall–Kier alpha value is -1.67. The number of rotatable bonds is 41. The van der Waals surface area contributed by atoms with E-state index in [1.165, 1.54) is 109 Å². The van der Waals surface area contributed by atoms with E-state index in [-0.39, 0.29) is 12.8 Å². The average molecular weight is 905 g/mol. The summed E-state index contributed by atoms with van der Waals surface area (Å²) in [5.74, 6) is -1.11. The Labute approximate surface area is 375 Å². The predicted molar refractivity (Wildman–Crippen MR) is 244 cm³/mol. The zero-order valence-electron chi connectivity index (χ0n) is 38.7. The SMILES string of the molecule is CCCC/C=C/C/C=C/CCCCCCCC(=O)O[C@@H](COC(=O)CCCCCCCCCCCCCCCCCCCCC)COP(=O)(O)OC1C(O)C(O)C(O)[C@H](O)C1O.